The molecule has 0 unspecified atom stereocenters. The van der Waals surface area contributed by atoms with Crippen molar-refractivity contribution in [3.8, 4) is 5.75 Å². The lowest BCUT2D eigenvalue weighted by Crippen LogP contribution is -2.08. The molecule has 0 N–H and O–H groups in total. The summed E-state index contributed by atoms with van der Waals surface area (Å²) in [6.45, 7) is 8.35. The molecule has 0 saturated heterocycles. The molecule has 0 aliphatic rings. The number of ether oxygens (including phenoxy) is 1. The van der Waals surface area contributed by atoms with Crippen LogP contribution in [0, 0.1) is 12.8 Å². The van der Waals surface area contributed by atoms with Crippen LogP contribution in [0.5, 0.6) is 5.75 Å². The summed E-state index contributed by atoms with van der Waals surface area (Å²) < 4.78 is 8.23. The Morgan fingerprint density at radius 2 is 1.76 bits per heavy atom. The third-order valence-corrected chi connectivity index (χ3v) is 4.39. The fourth-order valence-electron chi connectivity index (χ4n) is 3.09. The van der Waals surface area contributed by atoms with E-state index in [-0.39, 0.29) is 0 Å². The minimum absolute atomic E-state index is 0.612. The maximum Gasteiger partial charge on any atom is 0.119 e. The number of unbranched alkanes of at least 4 members (excludes halogenated alkanes) is 1. The summed E-state index contributed by atoms with van der Waals surface area (Å²) in [5, 5.41) is 0. The van der Waals surface area contributed by atoms with Crippen LogP contribution in [-0.2, 0) is 13.0 Å². The lowest BCUT2D eigenvalue weighted by Gasteiger charge is -2.11. The van der Waals surface area contributed by atoms with Gasteiger partial charge in [-0.3, -0.25) is 0 Å². The maximum atomic E-state index is 5.84. The van der Waals surface area contributed by atoms with Gasteiger partial charge in [-0.05, 0) is 49.9 Å². The van der Waals surface area contributed by atoms with Crippen LogP contribution in [0.2, 0.25) is 0 Å². The van der Waals surface area contributed by atoms with Crippen LogP contribution < -0.4 is 4.74 Å². The molecule has 3 nitrogen and oxygen atoms in total. The first-order chi connectivity index (χ1) is 12.1. The highest BCUT2D eigenvalue weighted by molar-refractivity contribution is 5.75. The predicted molar refractivity (Wildman–Crippen MR) is 104 cm³/mol. The molecule has 0 spiro atoms. The maximum absolute atomic E-state index is 5.84. The summed E-state index contributed by atoms with van der Waals surface area (Å²) in [5.41, 5.74) is 3.61. The zero-order valence-electron chi connectivity index (χ0n) is 15.5. The van der Waals surface area contributed by atoms with Gasteiger partial charge >= 0.3 is 0 Å². The van der Waals surface area contributed by atoms with E-state index in [1.165, 1.54) is 16.9 Å². The number of rotatable bonds is 8. The van der Waals surface area contributed by atoms with Gasteiger partial charge < -0.3 is 9.30 Å². The Bertz CT molecular complexity index is 803. The van der Waals surface area contributed by atoms with Gasteiger partial charge in [0, 0.05) is 13.0 Å². The van der Waals surface area contributed by atoms with Crippen molar-refractivity contribution in [1.29, 1.82) is 0 Å². The number of fused-ring (bicyclic) bond motifs is 1. The minimum Gasteiger partial charge on any atom is -0.494 e. The van der Waals surface area contributed by atoms with Crippen LogP contribution in [0.15, 0.2) is 48.5 Å². The number of para-hydroxylation sites is 2. The van der Waals surface area contributed by atoms with E-state index < -0.39 is 0 Å². The van der Waals surface area contributed by atoms with Crippen molar-refractivity contribution in [2.24, 2.45) is 5.92 Å². The molecule has 132 valence electrons. The summed E-state index contributed by atoms with van der Waals surface area (Å²) in [6, 6.07) is 16.7. The number of hydrogen-bond donors (Lipinski definition) is 0. The fraction of sp³-hybridized carbons (Fsp3) is 0.409. The molecule has 3 rings (SSSR count). The Kier molecular flexibility index (Phi) is 5.75. The lowest BCUT2D eigenvalue weighted by atomic mass is 10.1. The van der Waals surface area contributed by atoms with E-state index in [0.29, 0.717) is 5.92 Å². The molecule has 0 atom stereocenters. The summed E-state index contributed by atoms with van der Waals surface area (Å²) in [7, 11) is 0. The first kappa shape index (κ1) is 17.5. The second-order valence-electron chi connectivity index (χ2n) is 7.13. The van der Waals surface area contributed by atoms with E-state index >= 15 is 0 Å². The van der Waals surface area contributed by atoms with E-state index in [2.05, 4.69) is 61.7 Å². The fourth-order valence-corrected chi connectivity index (χ4v) is 3.09. The average Bonchev–Trinajstić information content (AvgIpc) is 2.93. The highest BCUT2D eigenvalue weighted by Gasteiger charge is 2.11. The number of benzene rings is 2. The molecule has 0 amide bonds. The first-order valence-electron chi connectivity index (χ1n) is 9.27. The summed E-state index contributed by atoms with van der Waals surface area (Å²) in [4.78, 5) is 4.84. The van der Waals surface area contributed by atoms with Gasteiger partial charge in [0.05, 0.1) is 17.6 Å². The molecule has 0 aliphatic heterocycles. The molecular weight excluding hydrogens is 308 g/mol. The molecule has 0 bridgehead atoms. The third kappa shape index (κ3) is 4.62. The van der Waals surface area contributed by atoms with E-state index in [4.69, 9.17) is 9.72 Å². The van der Waals surface area contributed by atoms with Gasteiger partial charge in [-0.15, -0.1) is 0 Å². The largest absolute Gasteiger partial charge is 0.494 e. The Balaban J connectivity index is 1.57. The Labute approximate surface area is 150 Å². The number of hydrogen-bond acceptors (Lipinski definition) is 2. The van der Waals surface area contributed by atoms with Crippen LogP contribution >= 0.6 is 0 Å². The molecule has 0 aliphatic carbocycles. The molecule has 25 heavy (non-hydrogen) atoms. The molecule has 2 aromatic carbocycles. The number of imidazole rings is 1. The Morgan fingerprint density at radius 1 is 1.00 bits per heavy atom. The van der Waals surface area contributed by atoms with Crippen molar-refractivity contribution in [3.05, 3.63) is 59.9 Å². The van der Waals surface area contributed by atoms with Crippen molar-refractivity contribution in [1.82, 2.24) is 9.55 Å². The highest BCUT2D eigenvalue weighted by Crippen LogP contribution is 2.19. The minimum atomic E-state index is 0.612. The highest BCUT2D eigenvalue weighted by atomic mass is 16.5. The van der Waals surface area contributed by atoms with Crippen molar-refractivity contribution < 1.29 is 4.74 Å². The van der Waals surface area contributed by atoms with Crippen molar-refractivity contribution in [2.45, 2.75) is 46.6 Å². The van der Waals surface area contributed by atoms with Gasteiger partial charge in [-0.1, -0.05) is 43.7 Å². The molecule has 0 saturated carbocycles. The van der Waals surface area contributed by atoms with Crippen LogP contribution in [0.1, 0.15) is 38.1 Å². The standard InChI is InChI=1S/C22H28N2O/c1-17(2)16-22-23-20-8-4-5-9-21(20)24(22)14-6-7-15-25-19-12-10-18(3)11-13-19/h4-5,8-13,17H,6-7,14-16H2,1-3H3. The summed E-state index contributed by atoms with van der Waals surface area (Å²) in [5.74, 6) is 2.77. The van der Waals surface area contributed by atoms with Crippen molar-refractivity contribution >= 4 is 11.0 Å². The summed E-state index contributed by atoms with van der Waals surface area (Å²) in [6.07, 6.45) is 3.16. The predicted octanol–water partition coefficient (Wildman–Crippen LogP) is 5.40. The van der Waals surface area contributed by atoms with Gasteiger partial charge in [0.25, 0.3) is 0 Å². The van der Waals surface area contributed by atoms with Crippen LogP contribution in [0.4, 0.5) is 0 Å². The average molecular weight is 336 g/mol. The van der Waals surface area contributed by atoms with Gasteiger partial charge in [-0.25, -0.2) is 4.98 Å². The van der Waals surface area contributed by atoms with Gasteiger partial charge in [0.15, 0.2) is 0 Å². The van der Waals surface area contributed by atoms with Gasteiger partial charge in [0.2, 0.25) is 0 Å². The first-order valence-corrected chi connectivity index (χ1v) is 9.27. The molecular formula is C22H28N2O. The van der Waals surface area contributed by atoms with Crippen LogP contribution in [0.25, 0.3) is 11.0 Å². The Morgan fingerprint density at radius 3 is 2.52 bits per heavy atom. The van der Waals surface area contributed by atoms with E-state index in [0.717, 1.165) is 43.7 Å². The van der Waals surface area contributed by atoms with Gasteiger partial charge in [0.1, 0.15) is 11.6 Å². The topological polar surface area (TPSA) is 27.1 Å². The third-order valence-electron chi connectivity index (χ3n) is 4.39. The van der Waals surface area contributed by atoms with E-state index in [1.54, 1.807) is 0 Å². The monoisotopic (exact) mass is 336 g/mol. The van der Waals surface area contributed by atoms with Gasteiger partial charge in [-0.2, -0.15) is 0 Å². The SMILES string of the molecule is Cc1ccc(OCCCCn2c(CC(C)C)nc3ccccc32)cc1. The molecule has 1 aromatic heterocycles. The smallest absolute Gasteiger partial charge is 0.119 e. The number of aryl methyl sites for hydroxylation is 2. The second kappa shape index (κ2) is 8.19. The molecule has 0 radical (unpaired) electrons. The van der Waals surface area contributed by atoms with E-state index in [9.17, 15) is 0 Å². The molecule has 3 heteroatoms. The number of nitrogens with zero attached hydrogens (tertiary/aromatic N) is 2. The van der Waals surface area contributed by atoms with Crippen LogP contribution in [-0.4, -0.2) is 16.2 Å². The molecule has 3 aromatic rings. The molecule has 0 fully saturated rings. The zero-order valence-corrected chi connectivity index (χ0v) is 15.5. The Hall–Kier alpha value is -2.29. The van der Waals surface area contributed by atoms with Crippen molar-refractivity contribution in [3.63, 3.8) is 0 Å². The lowest BCUT2D eigenvalue weighted by molar-refractivity contribution is 0.303. The normalized spacial score (nSPS) is 11.4. The van der Waals surface area contributed by atoms with Crippen molar-refractivity contribution in [2.75, 3.05) is 6.61 Å². The second-order valence-corrected chi connectivity index (χ2v) is 7.13. The van der Waals surface area contributed by atoms with Crippen LogP contribution in [0.3, 0.4) is 0 Å². The molecule has 1 heterocycles. The quantitative estimate of drug-likeness (QED) is 0.515. The number of aromatic nitrogens is 2. The zero-order chi connectivity index (χ0) is 17.6. The van der Waals surface area contributed by atoms with E-state index in [1.807, 2.05) is 12.1 Å². The summed E-state index contributed by atoms with van der Waals surface area (Å²) >= 11 is 0.